The highest BCUT2D eigenvalue weighted by Crippen LogP contribution is 2.26. The molecule has 39 heavy (non-hydrogen) atoms. The summed E-state index contributed by atoms with van der Waals surface area (Å²) in [5.74, 6) is -0.139. The fourth-order valence-electron chi connectivity index (χ4n) is 5.48. The molecule has 2 aromatic rings. The molecule has 2 atom stereocenters. The minimum absolute atomic E-state index is 0.0518. The molecule has 3 heterocycles. The van der Waals surface area contributed by atoms with Gasteiger partial charge in [-0.1, -0.05) is 24.1 Å². The van der Waals surface area contributed by atoms with Crippen molar-refractivity contribution in [1.82, 2.24) is 20.1 Å². The van der Waals surface area contributed by atoms with E-state index in [0.717, 1.165) is 48.9 Å². The predicted octanol–water partition coefficient (Wildman–Crippen LogP) is 5.47. The number of fused-ring (bicyclic) bond motifs is 1. The summed E-state index contributed by atoms with van der Waals surface area (Å²) >= 11 is 6.25. The molecule has 2 N–H and O–H groups in total. The van der Waals surface area contributed by atoms with Gasteiger partial charge in [-0.25, -0.2) is 4.79 Å². The molecule has 0 unspecified atom stereocenters. The van der Waals surface area contributed by atoms with Gasteiger partial charge in [-0.15, -0.1) is 0 Å². The standard InChI is InChI=1S/C30H43ClN4O4/c1-30(2,3)39-29(38)33-25(9-5-8-17-34-15-6-4-7-16-34)28(37)35-18-14-26(35)27(36)13-11-21-10-12-24-22(19-21)23(31)20-32-24/h10,12,19-20,25-26,32H,4-9,11,13-18H2,1-3H3,(H,33,38)/t25-,26+/m1/s1. The number of aromatic nitrogens is 1. The summed E-state index contributed by atoms with van der Waals surface area (Å²) in [5.41, 5.74) is 1.34. The van der Waals surface area contributed by atoms with Crippen LogP contribution in [0.4, 0.5) is 4.79 Å². The van der Waals surface area contributed by atoms with Crippen LogP contribution in [0.1, 0.15) is 77.7 Å². The fourth-order valence-corrected chi connectivity index (χ4v) is 5.69. The Balaban J connectivity index is 1.32. The quantitative estimate of drug-likeness (QED) is 0.356. The van der Waals surface area contributed by atoms with Gasteiger partial charge in [0, 0.05) is 30.1 Å². The number of aromatic amines is 1. The number of unbranched alkanes of at least 4 members (excludes halogenated alkanes) is 1. The topological polar surface area (TPSA) is 94.7 Å². The molecule has 0 saturated carbocycles. The zero-order valence-corrected chi connectivity index (χ0v) is 24.3. The second-order valence-corrected chi connectivity index (χ2v) is 12.3. The van der Waals surface area contributed by atoms with Crippen LogP contribution in [0.15, 0.2) is 24.4 Å². The molecule has 8 nitrogen and oxygen atoms in total. The molecule has 4 rings (SSSR count). The van der Waals surface area contributed by atoms with Gasteiger partial charge in [0.2, 0.25) is 5.91 Å². The van der Waals surface area contributed by atoms with Crippen molar-refractivity contribution in [2.45, 2.75) is 96.2 Å². The number of carbonyl (C=O) groups excluding carboxylic acids is 3. The minimum Gasteiger partial charge on any atom is -0.444 e. The van der Waals surface area contributed by atoms with Crippen molar-refractivity contribution in [2.24, 2.45) is 0 Å². The lowest BCUT2D eigenvalue weighted by molar-refractivity contribution is -0.148. The first kappa shape index (κ1) is 29.4. The third-order valence-corrected chi connectivity index (χ3v) is 8.00. The monoisotopic (exact) mass is 558 g/mol. The summed E-state index contributed by atoms with van der Waals surface area (Å²) in [7, 11) is 0. The van der Waals surface area contributed by atoms with Crippen molar-refractivity contribution in [3.05, 3.63) is 35.0 Å². The minimum atomic E-state index is -0.699. The van der Waals surface area contributed by atoms with E-state index in [0.29, 0.717) is 37.3 Å². The average Bonchev–Trinajstić information content (AvgIpc) is 3.23. The van der Waals surface area contributed by atoms with Crippen LogP contribution in [0, 0.1) is 0 Å². The van der Waals surface area contributed by atoms with E-state index in [9.17, 15) is 14.4 Å². The number of benzene rings is 1. The maximum atomic E-state index is 13.5. The lowest BCUT2D eigenvalue weighted by Crippen LogP contribution is -2.60. The van der Waals surface area contributed by atoms with E-state index in [4.69, 9.17) is 16.3 Å². The molecule has 0 aliphatic carbocycles. The SMILES string of the molecule is CC(C)(C)OC(=O)N[C@H](CCCCN1CCCCC1)C(=O)N1CC[C@H]1C(=O)CCc1ccc2[nH]cc(Cl)c2c1. The Bertz CT molecular complexity index is 1150. The predicted molar refractivity (Wildman–Crippen MR) is 154 cm³/mol. The van der Waals surface area contributed by atoms with Crippen LogP contribution in [0.5, 0.6) is 0 Å². The molecule has 0 spiro atoms. The third-order valence-electron chi connectivity index (χ3n) is 7.69. The number of piperidine rings is 1. The highest BCUT2D eigenvalue weighted by atomic mass is 35.5. The largest absolute Gasteiger partial charge is 0.444 e. The maximum absolute atomic E-state index is 13.5. The van der Waals surface area contributed by atoms with Crippen molar-refractivity contribution in [3.8, 4) is 0 Å². The number of amides is 2. The van der Waals surface area contributed by atoms with E-state index >= 15 is 0 Å². The number of alkyl carbamates (subject to hydrolysis) is 1. The van der Waals surface area contributed by atoms with Gasteiger partial charge in [0.05, 0.1) is 11.1 Å². The lowest BCUT2D eigenvalue weighted by Gasteiger charge is -2.42. The molecular formula is C30H43ClN4O4. The second kappa shape index (κ2) is 13.2. The number of aryl methyl sites for hydroxylation is 1. The van der Waals surface area contributed by atoms with Crippen LogP contribution in [0.3, 0.4) is 0 Å². The van der Waals surface area contributed by atoms with E-state index < -0.39 is 23.8 Å². The molecule has 0 radical (unpaired) electrons. The number of hydrogen-bond donors (Lipinski definition) is 2. The number of nitrogens with one attached hydrogen (secondary N) is 2. The number of ether oxygens (including phenoxy) is 1. The van der Waals surface area contributed by atoms with E-state index in [-0.39, 0.29) is 11.7 Å². The summed E-state index contributed by atoms with van der Waals surface area (Å²) in [6, 6.07) is 4.84. The number of Topliss-reactive ketones (excluding diaryl/α,β-unsaturated/α-hetero) is 1. The molecule has 0 bridgehead atoms. The van der Waals surface area contributed by atoms with Gasteiger partial charge in [-0.2, -0.15) is 0 Å². The van der Waals surface area contributed by atoms with E-state index in [1.54, 1.807) is 31.9 Å². The summed E-state index contributed by atoms with van der Waals surface area (Å²) in [6.07, 6.45) is 8.87. The smallest absolute Gasteiger partial charge is 0.408 e. The summed E-state index contributed by atoms with van der Waals surface area (Å²) in [4.78, 5) is 46.5. The number of rotatable bonds is 11. The average molecular weight is 559 g/mol. The molecule has 9 heteroatoms. The molecule has 1 aromatic heterocycles. The molecule has 2 fully saturated rings. The Labute approximate surface area is 236 Å². The molecule has 2 amide bonds. The number of halogens is 1. The van der Waals surface area contributed by atoms with Gasteiger partial charge < -0.3 is 24.8 Å². The molecule has 2 aliphatic heterocycles. The zero-order valence-electron chi connectivity index (χ0n) is 23.6. The summed E-state index contributed by atoms with van der Waals surface area (Å²) in [6.45, 7) is 9.22. The number of nitrogens with zero attached hydrogens (tertiary/aromatic N) is 2. The first-order valence-corrected chi connectivity index (χ1v) is 14.8. The van der Waals surface area contributed by atoms with Crippen molar-refractivity contribution in [2.75, 3.05) is 26.2 Å². The van der Waals surface area contributed by atoms with E-state index in [1.807, 2.05) is 18.2 Å². The first-order valence-electron chi connectivity index (χ1n) is 14.4. The van der Waals surface area contributed by atoms with Gasteiger partial charge in [0.25, 0.3) is 0 Å². The zero-order chi connectivity index (χ0) is 28.0. The van der Waals surface area contributed by atoms with Crippen molar-refractivity contribution in [1.29, 1.82) is 0 Å². The van der Waals surface area contributed by atoms with E-state index in [1.165, 1.54) is 19.3 Å². The Hall–Kier alpha value is -2.58. The van der Waals surface area contributed by atoms with Crippen LogP contribution in [-0.2, 0) is 20.7 Å². The summed E-state index contributed by atoms with van der Waals surface area (Å²) < 4.78 is 5.44. The van der Waals surface area contributed by atoms with Crippen LogP contribution >= 0.6 is 11.6 Å². The molecule has 1 aromatic carbocycles. The lowest BCUT2D eigenvalue weighted by atomic mass is 9.92. The van der Waals surface area contributed by atoms with Gasteiger partial charge in [0.1, 0.15) is 11.6 Å². The molecule has 2 aliphatic rings. The Morgan fingerprint density at radius 2 is 1.90 bits per heavy atom. The van der Waals surface area contributed by atoms with E-state index in [2.05, 4.69) is 15.2 Å². The van der Waals surface area contributed by atoms with Gasteiger partial charge in [-0.3, -0.25) is 9.59 Å². The Morgan fingerprint density at radius 1 is 1.13 bits per heavy atom. The van der Waals surface area contributed by atoms with Crippen LogP contribution in [0.25, 0.3) is 10.9 Å². The summed E-state index contributed by atoms with van der Waals surface area (Å²) in [5, 5.41) is 4.41. The van der Waals surface area contributed by atoms with Crippen molar-refractivity contribution < 1.29 is 19.1 Å². The maximum Gasteiger partial charge on any atom is 0.408 e. The van der Waals surface area contributed by atoms with Gasteiger partial charge in [-0.05, 0) is 103 Å². The third kappa shape index (κ3) is 8.21. The van der Waals surface area contributed by atoms with Crippen LogP contribution in [0.2, 0.25) is 5.02 Å². The van der Waals surface area contributed by atoms with Gasteiger partial charge in [0.15, 0.2) is 5.78 Å². The fraction of sp³-hybridized carbons (Fsp3) is 0.633. The molecule has 214 valence electrons. The van der Waals surface area contributed by atoms with Crippen LogP contribution < -0.4 is 5.32 Å². The van der Waals surface area contributed by atoms with Gasteiger partial charge >= 0.3 is 6.09 Å². The van der Waals surface area contributed by atoms with Crippen molar-refractivity contribution in [3.63, 3.8) is 0 Å². The Morgan fingerprint density at radius 3 is 2.59 bits per heavy atom. The number of carbonyl (C=O) groups is 3. The number of likely N-dealkylation sites (tertiary alicyclic amines) is 2. The number of H-pyrrole nitrogens is 1. The molecule has 2 saturated heterocycles. The molecular weight excluding hydrogens is 516 g/mol. The highest BCUT2D eigenvalue weighted by molar-refractivity contribution is 6.35. The van der Waals surface area contributed by atoms with Crippen LogP contribution in [-0.4, -0.2) is 76.4 Å². The number of hydrogen-bond acceptors (Lipinski definition) is 5. The van der Waals surface area contributed by atoms with Crippen molar-refractivity contribution >= 4 is 40.3 Å². The number of ketones is 1. The highest BCUT2D eigenvalue weighted by Gasteiger charge is 2.40. The second-order valence-electron chi connectivity index (χ2n) is 11.9. The normalized spacial score (nSPS) is 19.0. The Kier molecular flexibility index (Phi) is 9.94. The first-order chi connectivity index (χ1) is 18.6.